The van der Waals surface area contributed by atoms with Gasteiger partial charge in [0.25, 0.3) is 0 Å². The Kier molecular flexibility index (Phi) is 4.72. The highest BCUT2D eigenvalue weighted by atomic mass is 32.2. The van der Waals surface area contributed by atoms with Gasteiger partial charge in [0.05, 0.1) is 31.1 Å². The van der Waals surface area contributed by atoms with Gasteiger partial charge in [-0.05, 0) is 38.2 Å². The largest absolute Gasteiger partial charge is 0.337 e. The summed E-state index contributed by atoms with van der Waals surface area (Å²) in [6.07, 6.45) is 7.42. The maximum Gasteiger partial charge on any atom is 0.238 e. The summed E-state index contributed by atoms with van der Waals surface area (Å²) in [5.74, 6) is 0.0834. The molecule has 2 aliphatic rings. The molecule has 3 heterocycles. The number of sulfonamides is 1. The Bertz CT molecular complexity index is 670. The average molecular weight is 340 g/mol. The zero-order chi connectivity index (χ0) is 16.4. The van der Waals surface area contributed by atoms with E-state index >= 15 is 0 Å². The predicted molar refractivity (Wildman–Crippen MR) is 86.3 cm³/mol. The van der Waals surface area contributed by atoms with Crippen LogP contribution < -0.4 is 0 Å². The van der Waals surface area contributed by atoms with Gasteiger partial charge >= 0.3 is 0 Å². The molecular formula is C15H24N4O3S. The highest BCUT2D eigenvalue weighted by molar-refractivity contribution is 7.89. The van der Waals surface area contributed by atoms with E-state index in [2.05, 4.69) is 5.10 Å². The molecule has 23 heavy (non-hydrogen) atoms. The van der Waals surface area contributed by atoms with E-state index in [0.717, 1.165) is 24.8 Å². The molecule has 8 heteroatoms. The molecule has 0 aliphatic carbocycles. The first kappa shape index (κ1) is 16.4. The van der Waals surface area contributed by atoms with Crippen LogP contribution in [0.15, 0.2) is 12.4 Å². The number of carbonyl (C=O) groups excluding carboxylic acids is 1. The van der Waals surface area contributed by atoms with Gasteiger partial charge in [-0.3, -0.25) is 9.48 Å². The van der Waals surface area contributed by atoms with E-state index in [-0.39, 0.29) is 24.2 Å². The summed E-state index contributed by atoms with van der Waals surface area (Å²) in [6, 6.07) is 0.0980. The second kappa shape index (κ2) is 6.60. The van der Waals surface area contributed by atoms with Gasteiger partial charge in [0.1, 0.15) is 0 Å². The fourth-order valence-electron chi connectivity index (χ4n) is 3.41. The van der Waals surface area contributed by atoms with Crippen LogP contribution in [0.25, 0.3) is 0 Å². The van der Waals surface area contributed by atoms with Crippen LogP contribution in [0.3, 0.4) is 0 Å². The predicted octanol–water partition coefficient (Wildman–Crippen LogP) is 0.608. The Morgan fingerprint density at radius 3 is 2.78 bits per heavy atom. The number of aromatic nitrogens is 2. The molecule has 0 N–H and O–H groups in total. The molecule has 2 saturated heterocycles. The Hall–Kier alpha value is -1.41. The summed E-state index contributed by atoms with van der Waals surface area (Å²) in [5.41, 5.74) is 1.10. The molecule has 1 aromatic rings. The molecule has 7 nitrogen and oxygen atoms in total. The van der Waals surface area contributed by atoms with E-state index in [1.165, 1.54) is 4.31 Å². The lowest BCUT2D eigenvalue weighted by atomic mass is 10.0. The fourth-order valence-corrected chi connectivity index (χ4v) is 4.88. The molecular weight excluding hydrogens is 316 g/mol. The lowest BCUT2D eigenvalue weighted by molar-refractivity contribution is -0.135. The van der Waals surface area contributed by atoms with Crippen molar-refractivity contribution in [3.63, 3.8) is 0 Å². The van der Waals surface area contributed by atoms with Crippen LogP contribution in [0.1, 0.15) is 31.2 Å². The van der Waals surface area contributed by atoms with E-state index in [1.54, 1.807) is 0 Å². The topological polar surface area (TPSA) is 75.5 Å². The molecule has 1 amide bonds. The molecule has 2 aliphatic heterocycles. The van der Waals surface area contributed by atoms with Gasteiger partial charge in [0, 0.05) is 19.3 Å². The van der Waals surface area contributed by atoms with Crippen molar-refractivity contribution in [2.75, 3.05) is 25.4 Å². The summed E-state index contributed by atoms with van der Waals surface area (Å²) < 4.78 is 27.0. The van der Waals surface area contributed by atoms with Crippen LogP contribution in [0, 0.1) is 6.92 Å². The van der Waals surface area contributed by atoms with Crippen LogP contribution in [0.4, 0.5) is 0 Å². The molecule has 2 fully saturated rings. The number of aryl methyl sites for hydroxylation is 1. The first-order chi connectivity index (χ1) is 11.0. The Morgan fingerprint density at radius 2 is 2.13 bits per heavy atom. The first-order valence-electron chi connectivity index (χ1n) is 8.22. The molecule has 0 aromatic carbocycles. The van der Waals surface area contributed by atoms with E-state index in [1.807, 2.05) is 28.9 Å². The number of carbonyl (C=O) groups is 1. The number of hydrogen-bond acceptors (Lipinski definition) is 4. The first-order valence-corrected chi connectivity index (χ1v) is 9.83. The summed E-state index contributed by atoms with van der Waals surface area (Å²) in [4.78, 5) is 14.5. The standard InChI is InChI=1S/C15H24N4O3S/c1-13-9-16-17(10-13)11-14-5-2-3-7-19(14)15(20)12-18-6-4-8-23(18,21)22/h9-10,14H,2-8,11-12H2,1H3. The van der Waals surface area contributed by atoms with Crippen molar-refractivity contribution in [1.82, 2.24) is 19.0 Å². The molecule has 1 atom stereocenters. The van der Waals surface area contributed by atoms with Crippen molar-refractivity contribution in [2.45, 2.75) is 45.2 Å². The number of nitrogens with zero attached hydrogens (tertiary/aromatic N) is 4. The highest BCUT2D eigenvalue weighted by Gasteiger charge is 2.34. The van der Waals surface area contributed by atoms with E-state index in [4.69, 9.17) is 0 Å². The fraction of sp³-hybridized carbons (Fsp3) is 0.733. The van der Waals surface area contributed by atoms with Crippen LogP contribution in [0.5, 0.6) is 0 Å². The van der Waals surface area contributed by atoms with Crippen molar-refractivity contribution < 1.29 is 13.2 Å². The third-order valence-electron chi connectivity index (χ3n) is 4.62. The molecule has 0 saturated carbocycles. The summed E-state index contributed by atoms with van der Waals surface area (Å²) in [6.45, 7) is 3.82. The monoisotopic (exact) mass is 340 g/mol. The Morgan fingerprint density at radius 1 is 1.30 bits per heavy atom. The average Bonchev–Trinajstić information content (AvgIpc) is 3.05. The number of piperidine rings is 1. The minimum Gasteiger partial charge on any atom is -0.337 e. The van der Waals surface area contributed by atoms with Crippen LogP contribution in [-0.2, 0) is 21.4 Å². The second-order valence-corrected chi connectivity index (χ2v) is 8.57. The van der Waals surface area contributed by atoms with E-state index in [0.29, 0.717) is 26.1 Å². The lowest BCUT2D eigenvalue weighted by Gasteiger charge is -2.36. The minimum absolute atomic E-state index is 0.0169. The molecule has 0 bridgehead atoms. The zero-order valence-corrected chi connectivity index (χ0v) is 14.3. The summed E-state index contributed by atoms with van der Waals surface area (Å²) in [5, 5.41) is 4.30. The number of hydrogen-bond donors (Lipinski definition) is 0. The van der Waals surface area contributed by atoms with E-state index < -0.39 is 10.0 Å². The molecule has 1 unspecified atom stereocenters. The van der Waals surface area contributed by atoms with Gasteiger partial charge < -0.3 is 4.90 Å². The molecule has 0 radical (unpaired) electrons. The highest BCUT2D eigenvalue weighted by Crippen LogP contribution is 2.20. The zero-order valence-electron chi connectivity index (χ0n) is 13.5. The van der Waals surface area contributed by atoms with Gasteiger partial charge in [-0.25, -0.2) is 8.42 Å². The SMILES string of the molecule is Cc1cnn(CC2CCCCN2C(=O)CN2CCCS2(=O)=O)c1. The molecule has 128 valence electrons. The number of likely N-dealkylation sites (tertiary alicyclic amines) is 1. The third kappa shape index (κ3) is 3.74. The molecule has 0 spiro atoms. The summed E-state index contributed by atoms with van der Waals surface area (Å²) >= 11 is 0. The van der Waals surface area contributed by atoms with Gasteiger partial charge in [0.15, 0.2) is 0 Å². The Labute approximate surface area is 137 Å². The van der Waals surface area contributed by atoms with Crippen LogP contribution in [-0.4, -0.2) is 64.7 Å². The van der Waals surface area contributed by atoms with E-state index in [9.17, 15) is 13.2 Å². The van der Waals surface area contributed by atoms with Crippen LogP contribution in [0.2, 0.25) is 0 Å². The smallest absolute Gasteiger partial charge is 0.238 e. The molecule has 1 aromatic heterocycles. The summed E-state index contributed by atoms with van der Waals surface area (Å²) in [7, 11) is -3.23. The Balaban J connectivity index is 1.66. The minimum atomic E-state index is -3.23. The van der Waals surface area contributed by atoms with Crippen molar-refractivity contribution in [1.29, 1.82) is 0 Å². The second-order valence-electron chi connectivity index (χ2n) is 6.48. The maximum atomic E-state index is 12.6. The molecule has 3 rings (SSSR count). The van der Waals surface area contributed by atoms with Gasteiger partial charge in [-0.1, -0.05) is 0 Å². The van der Waals surface area contributed by atoms with Gasteiger partial charge in [0.2, 0.25) is 15.9 Å². The van der Waals surface area contributed by atoms with Crippen LogP contribution >= 0.6 is 0 Å². The van der Waals surface area contributed by atoms with Gasteiger partial charge in [-0.2, -0.15) is 9.40 Å². The normalized spacial score (nSPS) is 24.9. The quantitative estimate of drug-likeness (QED) is 0.805. The maximum absolute atomic E-state index is 12.6. The van der Waals surface area contributed by atoms with Crippen molar-refractivity contribution in [3.8, 4) is 0 Å². The van der Waals surface area contributed by atoms with Crippen molar-refractivity contribution in [2.24, 2.45) is 0 Å². The van der Waals surface area contributed by atoms with Crippen molar-refractivity contribution >= 4 is 15.9 Å². The number of amides is 1. The third-order valence-corrected chi connectivity index (χ3v) is 6.53. The lowest BCUT2D eigenvalue weighted by Crippen LogP contribution is -2.49. The number of rotatable bonds is 4. The van der Waals surface area contributed by atoms with Crippen molar-refractivity contribution in [3.05, 3.63) is 18.0 Å². The van der Waals surface area contributed by atoms with Gasteiger partial charge in [-0.15, -0.1) is 0 Å².